The van der Waals surface area contributed by atoms with E-state index in [4.69, 9.17) is 0 Å². The van der Waals surface area contributed by atoms with E-state index in [1.165, 1.54) is 6.26 Å². The zero-order chi connectivity index (χ0) is 14.0. The second-order valence-electron chi connectivity index (χ2n) is 5.42. The molecule has 0 aromatic carbocycles. The van der Waals surface area contributed by atoms with E-state index in [9.17, 15) is 8.42 Å². The summed E-state index contributed by atoms with van der Waals surface area (Å²) in [7, 11) is -3.32. The Morgan fingerprint density at radius 1 is 1.28 bits per heavy atom. The van der Waals surface area contributed by atoms with Crippen molar-refractivity contribution in [1.29, 1.82) is 0 Å². The molecule has 0 spiro atoms. The summed E-state index contributed by atoms with van der Waals surface area (Å²) in [6, 6.07) is 2.00. The number of hydrogen-bond donors (Lipinski definition) is 0. The summed E-state index contributed by atoms with van der Waals surface area (Å²) >= 11 is -0.909. The molecule has 6 heteroatoms. The third kappa shape index (κ3) is 5.22. The number of sulfone groups is 1. The van der Waals surface area contributed by atoms with Crippen molar-refractivity contribution in [3.8, 4) is 0 Å². The third-order valence-corrected chi connectivity index (χ3v) is 6.55. The molecule has 100 valence electrons. The van der Waals surface area contributed by atoms with E-state index in [1.54, 1.807) is 0 Å². The van der Waals surface area contributed by atoms with Gasteiger partial charge in [0.05, 0.1) is 0 Å². The van der Waals surface area contributed by atoms with E-state index in [1.807, 2.05) is 6.07 Å². The summed E-state index contributed by atoms with van der Waals surface area (Å²) < 4.78 is 24.4. The topological polar surface area (TPSA) is 59.9 Å². The Balaban J connectivity index is 3.22. The van der Waals surface area contributed by atoms with Crippen LogP contribution in [-0.4, -0.2) is 45.8 Å². The molecule has 0 aliphatic rings. The molecule has 1 aromatic rings. The standard InChI is InChI=1S/C8H11N2O2S.C4H9.Sn/c1-3-4-7-5-6-9-8(10-7)13(2,11)12;1-4(2)3;/h5H,3-4H2,1-2H3;1-3H3;. The summed E-state index contributed by atoms with van der Waals surface area (Å²) in [6.45, 7) is 8.61. The van der Waals surface area contributed by atoms with Crippen molar-refractivity contribution in [3.05, 3.63) is 11.8 Å². The van der Waals surface area contributed by atoms with Crippen LogP contribution in [0.25, 0.3) is 0 Å². The van der Waals surface area contributed by atoms with Crippen molar-refractivity contribution in [2.75, 3.05) is 6.26 Å². The maximum atomic E-state index is 11.6. The molecule has 0 bridgehead atoms. The second kappa shape index (κ2) is 5.86. The molecule has 0 atom stereocenters. The molecule has 1 rings (SSSR count). The van der Waals surface area contributed by atoms with E-state index in [-0.39, 0.29) is 8.59 Å². The first kappa shape index (κ1) is 15.9. The van der Waals surface area contributed by atoms with Crippen molar-refractivity contribution in [2.45, 2.75) is 49.1 Å². The fraction of sp³-hybridized carbons (Fsp3) is 0.667. The number of nitrogens with zero attached hydrogens (tertiary/aromatic N) is 2. The maximum absolute atomic E-state index is 11.6. The van der Waals surface area contributed by atoms with Gasteiger partial charge in [-0.05, 0) is 0 Å². The minimum atomic E-state index is -3.32. The van der Waals surface area contributed by atoms with Gasteiger partial charge in [-0.25, -0.2) is 0 Å². The van der Waals surface area contributed by atoms with Crippen LogP contribution in [0.1, 0.15) is 39.8 Å². The molecular formula is C12H20N2O2SSn. The monoisotopic (exact) mass is 376 g/mol. The van der Waals surface area contributed by atoms with Gasteiger partial charge in [0.2, 0.25) is 0 Å². The Kier molecular flexibility index (Phi) is 5.17. The van der Waals surface area contributed by atoms with Gasteiger partial charge in [-0.1, -0.05) is 0 Å². The quantitative estimate of drug-likeness (QED) is 0.590. The van der Waals surface area contributed by atoms with Crippen LogP contribution >= 0.6 is 0 Å². The van der Waals surface area contributed by atoms with E-state index in [0.29, 0.717) is 0 Å². The Labute approximate surface area is 120 Å². The zero-order valence-electron chi connectivity index (χ0n) is 11.6. The number of hydrogen-bond acceptors (Lipinski definition) is 4. The summed E-state index contributed by atoms with van der Waals surface area (Å²) in [5.74, 6) is 0. The van der Waals surface area contributed by atoms with Gasteiger partial charge in [0.1, 0.15) is 0 Å². The molecule has 4 nitrogen and oxygen atoms in total. The van der Waals surface area contributed by atoms with Gasteiger partial charge in [-0.3, -0.25) is 0 Å². The Bertz CT molecular complexity index is 521. The number of aryl methyl sites for hydroxylation is 1. The molecule has 0 fully saturated rings. The van der Waals surface area contributed by atoms with E-state index in [0.717, 1.165) is 22.2 Å². The van der Waals surface area contributed by atoms with Crippen LogP contribution < -0.4 is 3.71 Å². The molecule has 2 radical (unpaired) electrons. The van der Waals surface area contributed by atoms with E-state index >= 15 is 0 Å². The molecule has 0 aliphatic heterocycles. The second-order valence-corrected chi connectivity index (χ2v) is 13.8. The molecule has 0 amide bonds. The fourth-order valence-corrected chi connectivity index (χ4v) is 5.59. The third-order valence-electron chi connectivity index (χ3n) is 2.10. The molecule has 18 heavy (non-hydrogen) atoms. The van der Waals surface area contributed by atoms with Gasteiger partial charge in [0.15, 0.2) is 0 Å². The van der Waals surface area contributed by atoms with Crippen molar-refractivity contribution in [3.63, 3.8) is 0 Å². The van der Waals surface area contributed by atoms with Crippen LogP contribution in [0.5, 0.6) is 0 Å². The number of rotatable bonds is 4. The number of aromatic nitrogens is 2. The van der Waals surface area contributed by atoms with Gasteiger partial charge < -0.3 is 0 Å². The molecule has 0 saturated heterocycles. The summed E-state index contributed by atoms with van der Waals surface area (Å²) in [5.41, 5.74) is 0.855. The molecule has 1 aromatic heterocycles. The molecule has 0 unspecified atom stereocenters. The van der Waals surface area contributed by atoms with Crippen LogP contribution in [0.3, 0.4) is 0 Å². The van der Waals surface area contributed by atoms with Crippen LogP contribution in [-0.2, 0) is 16.3 Å². The molecule has 1 heterocycles. The fourth-order valence-electron chi connectivity index (χ4n) is 1.47. The first-order valence-electron chi connectivity index (χ1n) is 5.98. The average molecular weight is 375 g/mol. The van der Waals surface area contributed by atoms with Gasteiger partial charge in [-0.2, -0.15) is 0 Å². The van der Waals surface area contributed by atoms with E-state index in [2.05, 4.69) is 37.7 Å². The predicted molar refractivity (Wildman–Crippen MR) is 74.2 cm³/mol. The van der Waals surface area contributed by atoms with Gasteiger partial charge in [-0.15, -0.1) is 0 Å². The Morgan fingerprint density at radius 2 is 1.89 bits per heavy atom. The summed E-state index contributed by atoms with van der Waals surface area (Å²) in [5, 5.41) is -0.00593. The first-order chi connectivity index (χ1) is 8.12. The minimum absolute atomic E-state index is 0.00593. The van der Waals surface area contributed by atoms with Gasteiger partial charge in [0.25, 0.3) is 0 Å². The van der Waals surface area contributed by atoms with Crippen molar-refractivity contribution < 1.29 is 8.42 Å². The van der Waals surface area contributed by atoms with Gasteiger partial charge >= 0.3 is 120 Å². The zero-order valence-corrected chi connectivity index (χ0v) is 15.3. The summed E-state index contributed by atoms with van der Waals surface area (Å²) in [6.07, 6.45) is 2.94. The normalized spacial score (nSPS) is 12.7. The van der Waals surface area contributed by atoms with Crippen LogP contribution in [0.2, 0.25) is 3.43 Å². The SMILES string of the molecule is CCCc1c[c]([Sn][C](C)(C)C)nc(S(C)(=O)=O)n1. The molecular weight excluding hydrogens is 355 g/mol. The average Bonchev–Trinajstić information content (AvgIpc) is 2.13. The molecule has 0 N–H and O–H groups in total. The van der Waals surface area contributed by atoms with Crippen LogP contribution in [0.15, 0.2) is 11.2 Å². The van der Waals surface area contributed by atoms with E-state index < -0.39 is 31.0 Å². The van der Waals surface area contributed by atoms with Crippen LogP contribution in [0, 0.1) is 0 Å². The molecule has 0 aliphatic carbocycles. The predicted octanol–water partition coefficient (Wildman–Crippen LogP) is 1.38. The van der Waals surface area contributed by atoms with Gasteiger partial charge in [0, 0.05) is 0 Å². The van der Waals surface area contributed by atoms with Crippen molar-refractivity contribution in [1.82, 2.24) is 9.97 Å². The Morgan fingerprint density at radius 3 is 2.33 bits per heavy atom. The van der Waals surface area contributed by atoms with Crippen LogP contribution in [0.4, 0.5) is 0 Å². The molecule has 0 saturated carbocycles. The van der Waals surface area contributed by atoms with Crippen molar-refractivity contribution >= 4 is 34.7 Å². The Hall–Kier alpha value is -0.171. The first-order valence-corrected chi connectivity index (χ1v) is 10.7. The van der Waals surface area contributed by atoms with Crippen molar-refractivity contribution in [2.24, 2.45) is 0 Å². The summed E-state index contributed by atoms with van der Waals surface area (Å²) in [4.78, 5) is 8.40.